The largest absolute Gasteiger partial charge is 0.497 e. The van der Waals surface area contributed by atoms with E-state index < -0.39 is 5.97 Å². The minimum atomic E-state index is -1.27. The van der Waals surface area contributed by atoms with Gasteiger partial charge in [0.15, 0.2) is 23.5 Å². The van der Waals surface area contributed by atoms with E-state index in [-0.39, 0.29) is 36.1 Å². The molecule has 0 saturated heterocycles. The normalized spacial score (nSPS) is 10.2. The van der Waals surface area contributed by atoms with Gasteiger partial charge in [-0.15, -0.1) is 0 Å². The number of carboxylic acids is 1. The fourth-order valence-electron chi connectivity index (χ4n) is 2.58. The number of aromatic carboxylic acids is 1. The number of pyridine rings is 1. The van der Waals surface area contributed by atoms with Crippen molar-refractivity contribution in [3.05, 3.63) is 83.2 Å². The zero-order valence-corrected chi connectivity index (χ0v) is 15.7. The molecule has 0 aliphatic rings. The van der Waals surface area contributed by atoms with Gasteiger partial charge >= 0.3 is 5.97 Å². The monoisotopic (exact) mass is 393 g/mol. The standard InChI is InChI=1S/C22H19NO6/c1-27-17-9-7-16(8-10-17)13-28-20-11-18(22(25)26)23-19(12-24)21(20)29-14-15-5-3-2-4-6-15/h2-12H,13-14H2,1H3,(H,25,26). The Morgan fingerprint density at radius 2 is 1.66 bits per heavy atom. The molecule has 0 fully saturated rings. The number of nitrogens with zero attached hydrogens (tertiary/aromatic N) is 1. The van der Waals surface area contributed by atoms with Gasteiger partial charge in [-0.2, -0.15) is 0 Å². The molecule has 148 valence electrons. The Morgan fingerprint density at radius 3 is 2.28 bits per heavy atom. The summed E-state index contributed by atoms with van der Waals surface area (Å²) >= 11 is 0. The van der Waals surface area contributed by atoms with Gasteiger partial charge in [-0.05, 0) is 23.3 Å². The van der Waals surface area contributed by atoms with Crippen LogP contribution in [0.4, 0.5) is 0 Å². The van der Waals surface area contributed by atoms with Crippen LogP contribution in [0.1, 0.15) is 32.1 Å². The van der Waals surface area contributed by atoms with Gasteiger partial charge in [0.1, 0.15) is 24.7 Å². The van der Waals surface area contributed by atoms with Crippen molar-refractivity contribution in [3.8, 4) is 17.2 Å². The van der Waals surface area contributed by atoms with Gasteiger partial charge in [-0.1, -0.05) is 42.5 Å². The molecule has 0 aliphatic heterocycles. The Balaban J connectivity index is 1.87. The van der Waals surface area contributed by atoms with Crippen LogP contribution < -0.4 is 14.2 Å². The number of ether oxygens (including phenoxy) is 3. The molecule has 2 aromatic carbocycles. The molecule has 1 aromatic heterocycles. The molecule has 3 rings (SSSR count). The fraction of sp³-hybridized carbons (Fsp3) is 0.136. The van der Waals surface area contributed by atoms with Crippen molar-refractivity contribution in [2.45, 2.75) is 13.2 Å². The quantitative estimate of drug-likeness (QED) is 0.553. The van der Waals surface area contributed by atoms with Crippen LogP contribution in [0.3, 0.4) is 0 Å². The highest BCUT2D eigenvalue weighted by Crippen LogP contribution is 2.32. The Hall–Kier alpha value is -3.87. The fourth-order valence-corrected chi connectivity index (χ4v) is 2.58. The molecular formula is C22H19NO6. The predicted octanol–water partition coefficient (Wildman–Crippen LogP) is 3.76. The summed E-state index contributed by atoms with van der Waals surface area (Å²) < 4.78 is 16.7. The summed E-state index contributed by atoms with van der Waals surface area (Å²) in [6.07, 6.45) is 0.451. The summed E-state index contributed by atoms with van der Waals surface area (Å²) in [5.41, 5.74) is 1.28. The van der Waals surface area contributed by atoms with E-state index in [1.807, 2.05) is 42.5 Å². The molecule has 0 amide bonds. The number of rotatable bonds is 9. The van der Waals surface area contributed by atoms with E-state index in [0.717, 1.165) is 11.1 Å². The van der Waals surface area contributed by atoms with Crippen LogP contribution in [0.25, 0.3) is 0 Å². The first-order chi connectivity index (χ1) is 14.1. The van der Waals surface area contributed by atoms with Crippen molar-refractivity contribution in [1.29, 1.82) is 0 Å². The number of hydrogen-bond acceptors (Lipinski definition) is 6. The number of aldehydes is 1. The van der Waals surface area contributed by atoms with Gasteiger partial charge < -0.3 is 19.3 Å². The Kier molecular flexibility index (Phi) is 6.42. The van der Waals surface area contributed by atoms with Gasteiger partial charge in [0.25, 0.3) is 0 Å². The highest BCUT2D eigenvalue weighted by atomic mass is 16.5. The van der Waals surface area contributed by atoms with E-state index in [1.54, 1.807) is 19.2 Å². The second-order valence-electron chi connectivity index (χ2n) is 6.05. The molecule has 0 atom stereocenters. The lowest BCUT2D eigenvalue weighted by Gasteiger charge is -2.15. The average molecular weight is 393 g/mol. The minimum Gasteiger partial charge on any atom is -0.497 e. The van der Waals surface area contributed by atoms with E-state index in [0.29, 0.717) is 12.0 Å². The van der Waals surface area contributed by atoms with Crippen molar-refractivity contribution in [2.24, 2.45) is 0 Å². The SMILES string of the molecule is COc1ccc(COc2cc(C(=O)O)nc(C=O)c2OCc2ccccc2)cc1. The summed E-state index contributed by atoms with van der Waals surface area (Å²) in [6, 6.07) is 17.8. The van der Waals surface area contributed by atoms with Crippen LogP contribution in [0.2, 0.25) is 0 Å². The summed E-state index contributed by atoms with van der Waals surface area (Å²) in [5, 5.41) is 9.28. The van der Waals surface area contributed by atoms with E-state index in [9.17, 15) is 14.7 Å². The van der Waals surface area contributed by atoms with Crippen LogP contribution >= 0.6 is 0 Å². The topological polar surface area (TPSA) is 95.0 Å². The molecule has 7 nitrogen and oxygen atoms in total. The van der Waals surface area contributed by atoms with Crippen molar-refractivity contribution in [1.82, 2.24) is 4.98 Å². The molecule has 0 radical (unpaired) electrons. The first kappa shape index (κ1) is 19.9. The third-order valence-corrected chi connectivity index (χ3v) is 4.08. The molecule has 0 spiro atoms. The van der Waals surface area contributed by atoms with E-state index >= 15 is 0 Å². The molecule has 0 unspecified atom stereocenters. The third kappa shape index (κ3) is 5.10. The molecule has 3 aromatic rings. The zero-order chi connectivity index (χ0) is 20.6. The number of hydrogen-bond donors (Lipinski definition) is 1. The highest BCUT2D eigenvalue weighted by molar-refractivity contribution is 5.89. The zero-order valence-electron chi connectivity index (χ0n) is 15.7. The number of aromatic nitrogens is 1. The van der Waals surface area contributed by atoms with Crippen molar-refractivity contribution < 1.29 is 28.9 Å². The van der Waals surface area contributed by atoms with Crippen LogP contribution in [-0.2, 0) is 13.2 Å². The van der Waals surface area contributed by atoms with Crippen LogP contribution in [0, 0.1) is 0 Å². The lowest BCUT2D eigenvalue weighted by molar-refractivity contribution is 0.0689. The Morgan fingerprint density at radius 1 is 1.00 bits per heavy atom. The highest BCUT2D eigenvalue weighted by Gasteiger charge is 2.19. The van der Waals surface area contributed by atoms with E-state index in [4.69, 9.17) is 14.2 Å². The molecule has 1 heterocycles. The second kappa shape index (κ2) is 9.36. The summed E-state index contributed by atoms with van der Waals surface area (Å²) in [7, 11) is 1.58. The van der Waals surface area contributed by atoms with Gasteiger partial charge in [-0.3, -0.25) is 4.79 Å². The van der Waals surface area contributed by atoms with Crippen LogP contribution in [0.15, 0.2) is 60.7 Å². The maximum atomic E-state index is 11.5. The molecule has 29 heavy (non-hydrogen) atoms. The maximum Gasteiger partial charge on any atom is 0.354 e. The predicted molar refractivity (Wildman–Crippen MR) is 105 cm³/mol. The number of benzene rings is 2. The molecule has 0 bridgehead atoms. The van der Waals surface area contributed by atoms with Crippen molar-refractivity contribution in [2.75, 3.05) is 7.11 Å². The summed E-state index contributed by atoms with van der Waals surface area (Å²) in [4.78, 5) is 26.7. The van der Waals surface area contributed by atoms with Gasteiger partial charge in [-0.25, -0.2) is 9.78 Å². The van der Waals surface area contributed by atoms with Crippen molar-refractivity contribution >= 4 is 12.3 Å². The summed E-state index contributed by atoms with van der Waals surface area (Å²) in [5.74, 6) is -0.327. The smallest absolute Gasteiger partial charge is 0.354 e. The van der Waals surface area contributed by atoms with Crippen LogP contribution in [0.5, 0.6) is 17.2 Å². The van der Waals surface area contributed by atoms with Gasteiger partial charge in [0.05, 0.1) is 7.11 Å². The first-order valence-corrected chi connectivity index (χ1v) is 8.76. The van der Waals surface area contributed by atoms with Gasteiger partial charge in [0.2, 0.25) is 0 Å². The van der Waals surface area contributed by atoms with E-state index in [1.165, 1.54) is 6.07 Å². The first-order valence-electron chi connectivity index (χ1n) is 8.76. The average Bonchev–Trinajstić information content (AvgIpc) is 2.77. The molecule has 7 heteroatoms. The van der Waals surface area contributed by atoms with Crippen molar-refractivity contribution in [3.63, 3.8) is 0 Å². The van der Waals surface area contributed by atoms with Crippen LogP contribution in [-0.4, -0.2) is 29.5 Å². The number of carboxylic acid groups (broad SMARTS) is 1. The molecule has 1 N–H and O–H groups in total. The lowest BCUT2D eigenvalue weighted by atomic mass is 10.2. The van der Waals surface area contributed by atoms with E-state index in [2.05, 4.69) is 4.98 Å². The second-order valence-corrected chi connectivity index (χ2v) is 6.05. The lowest BCUT2D eigenvalue weighted by Crippen LogP contribution is -2.09. The third-order valence-electron chi connectivity index (χ3n) is 4.08. The Bertz CT molecular complexity index is 986. The number of carbonyl (C=O) groups is 2. The molecular weight excluding hydrogens is 374 g/mol. The minimum absolute atomic E-state index is 0.0994. The molecule has 0 aliphatic carbocycles. The Labute approximate surface area is 167 Å². The van der Waals surface area contributed by atoms with Gasteiger partial charge in [0, 0.05) is 6.07 Å². The number of carbonyl (C=O) groups excluding carboxylic acids is 1. The maximum absolute atomic E-state index is 11.5. The molecule has 0 saturated carbocycles. The summed E-state index contributed by atoms with van der Waals surface area (Å²) in [6.45, 7) is 0.321. The number of methoxy groups -OCH3 is 1.